The van der Waals surface area contributed by atoms with Gasteiger partial charge in [0, 0.05) is 11.6 Å². The molecule has 0 unspecified atom stereocenters. The lowest BCUT2D eigenvalue weighted by Gasteiger charge is -1.90. The first-order valence-electron chi connectivity index (χ1n) is 5.52. The lowest BCUT2D eigenvalue weighted by Crippen LogP contribution is -1.75. The standard InChI is InChI=1S/C14H10N2O2/c1-2-5-11(6-3-1)14-16-15-13(18-14)9-8-12-7-4-10-17-12/h1-10H. The molecule has 0 fully saturated rings. The first kappa shape index (κ1) is 10.5. The predicted molar refractivity (Wildman–Crippen MR) is 67.4 cm³/mol. The Morgan fingerprint density at radius 3 is 2.56 bits per heavy atom. The highest BCUT2D eigenvalue weighted by Crippen LogP contribution is 2.17. The van der Waals surface area contributed by atoms with Crippen LogP contribution in [0, 0.1) is 0 Å². The summed E-state index contributed by atoms with van der Waals surface area (Å²) in [4.78, 5) is 0. The van der Waals surface area contributed by atoms with Gasteiger partial charge in [0.2, 0.25) is 11.8 Å². The number of rotatable bonds is 3. The first-order valence-corrected chi connectivity index (χ1v) is 5.52. The second kappa shape index (κ2) is 4.71. The molecule has 3 rings (SSSR count). The summed E-state index contributed by atoms with van der Waals surface area (Å²) in [6.07, 6.45) is 5.11. The third-order valence-corrected chi connectivity index (χ3v) is 2.39. The summed E-state index contributed by atoms with van der Waals surface area (Å²) in [7, 11) is 0. The summed E-state index contributed by atoms with van der Waals surface area (Å²) in [6, 6.07) is 13.3. The van der Waals surface area contributed by atoms with Crippen molar-refractivity contribution in [3.8, 4) is 11.5 Å². The van der Waals surface area contributed by atoms with Crippen LogP contribution in [0.5, 0.6) is 0 Å². The Hall–Kier alpha value is -2.62. The van der Waals surface area contributed by atoms with Gasteiger partial charge in [-0.3, -0.25) is 0 Å². The lowest BCUT2D eigenvalue weighted by molar-refractivity contribution is 0.552. The maximum atomic E-state index is 5.52. The molecular formula is C14H10N2O2. The van der Waals surface area contributed by atoms with Gasteiger partial charge in [0.25, 0.3) is 0 Å². The summed E-state index contributed by atoms with van der Waals surface area (Å²) in [5.41, 5.74) is 0.905. The molecule has 0 aliphatic rings. The molecule has 4 heteroatoms. The molecule has 4 nitrogen and oxygen atoms in total. The van der Waals surface area contributed by atoms with Crippen molar-refractivity contribution in [2.75, 3.05) is 0 Å². The van der Waals surface area contributed by atoms with E-state index in [1.54, 1.807) is 18.4 Å². The number of benzene rings is 1. The van der Waals surface area contributed by atoms with Gasteiger partial charge in [0.1, 0.15) is 5.76 Å². The summed E-state index contributed by atoms with van der Waals surface area (Å²) < 4.78 is 10.7. The Bertz CT molecular complexity index is 640. The largest absolute Gasteiger partial charge is 0.465 e. The molecule has 0 aliphatic carbocycles. The molecule has 0 bridgehead atoms. The SMILES string of the molecule is C(=Cc1nnc(-c2ccccc2)o1)c1ccco1. The van der Waals surface area contributed by atoms with Crippen LogP contribution >= 0.6 is 0 Å². The normalized spacial score (nSPS) is 11.1. The second-order valence-electron chi connectivity index (χ2n) is 3.66. The first-order chi connectivity index (χ1) is 8.92. The van der Waals surface area contributed by atoms with Crippen LogP contribution in [0.15, 0.2) is 57.6 Å². The third kappa shape index (κ3) is 2.22. The zero-order valence-electron chi connectivity index (χ0n) is 9.48. The van der Waals surface area contributed by atoms with Crippen LogP contribution in [0.3, 0.4) is 0 Å². The zero-order chi connectivity index (χ0) is 12.2. The van der Waals surface area contributed by atoms with Gasteiger partial charge in [-0.2, -0.15) is 0 Å². The van der Waals surface area contributed by atoms with Crippen molar-refractivity contribution in [3.05, 3.63) is 60.4 Å². The fourth-order valence-corrected chi connectivity index (χ4v) is 1.54. The van der Waals surface area contributed by atoms with Gasteiger partial charge in [-0.05, 0) is 30.3 Å². The molecule has 0 atom stereocenters. The van der Waals surface area contributed by atoms with Crippen LogP contribution in [-0.2, 0) is 0 Å². The number of nitrogens with zero attached hydrogens (tertiary/aromatic N) is 2. The molecule has 3 aromatic rings. The van der Waals surface area contributed by atoms with Gasteiger partial charge in [0.15, 0.2) is 0 Å². The van der Waals surface area contributed by atoms with Gasteiger partial charge in [-0.25, -0.2) is 0 Å². The molecule has 2 aromatic heterocycles. The summed E-state index contributed by atoms with van der Waals surface area (Å²) in [6.45, 7) is 0. The lowest BCUT2D eigenvalue weighted by atomic mass is 10.2. The van der Waals surface area contributed by atoms with E-state index in [4.69, 9.17) is 8.83 Å². The van der Waals surface area contributed by atoms with Gasteiger partial charge in [-0.1, -0.05) is 18.2 Å². The molecule has 0 N–H and O–H groups in total. The smallest absolute Gasteiger partial charge is 0.248 e. The molecule has 0 saturated carbocycles. The third-order valence-electron chi connectivity index (χ3n) is 2.39. The monoisotopic (exact) mass is 238 g/mol. The summed E-state index contributed by atoms with van der Waals surface area (Å²) >= 11 is 0. The van der Waals surface area contributed by atoms with Crippen LogP contribution < -0.4 is 0 Å². The summed E-state index contributed by atoms with van der Waals surface area (Å²) in [5, 5.41) is 7.93. The molecule has 0 spiro atoms. The quantitative estimate of drug-likeness (QED) is 0.700. The van der Waals surface area contributed by atoms with Crippen LogP contribution in [0.4, 0.5) is 0 Å². The Balaban J connectivity index is 1.82. The van der Waals surface area contributed by atoms with Crippen molar-refractivity contribution in [2.45, 2.75) is 0 Å². The van der Waals surface area contributed by atoms with E-state index in [1.807, 2.05) is 42.5 Å². The Morgan fingerprint density at radius 2 is 1.78 bits per heavy atom. The van der Waals surface area contributed by atoms with E-state index in [0.717, 1.165) is 11.3 Å². The van der Waals surface area contributed by atoms with Crippen molar-refractivity contribution in [2.24, 2.45) is 0 Å². The van der Waals surface area contributed by atoms with Gasteiger partial charge < -0.3 is 8.83 Å². The maximum Gasteiger partial charge on any atom is 0.248 e. The average molecular weight is 238 g/mol. The van der Waals surface area contributed by atoms with E-state index in [0.29, 0.717) is 11.8 Å². The molecule has 0 amide bonds. The fourth-order valence-electron chi connectivity index (χ4n) is 1.54. The summed E-state index contributed by atoms with van der Waals surface area (Å²) in [5.74, 6) is 1.70. The van der Waals surface area contributed by atoms with Gasteiger partial charge >= 0.3 is 0 Å². The minimum Gasteiger partial charge on any atom is -0.465 e. The van der Waals surface area contributed by atoms with E-state index in [9.17, 15) is 0 Å². The van der Waals surface area contributed by atoms with Crippen molar-refractivity contribution in [1.82, 2.24) is 10.2 Å². The minimum absolute atomic E-state index is 0.449. The fraction of sp³-hybridized carbons (Fsp3) is 0. The molecule has 0 saturated heterocycles. The van der Waals surface area contributed by atoms with Crippen LogP contribution in [0.25, 0.3) is 23.6 Å². The van der Waals surface area contributed by atoms with Crippen molar-refractivity contribution < 1.29 is 8.83 Å². The van der Waals surface area contributed by atoms with Crippen molar-refractivity contribution in [3.63, 3.8) is 0 Å². The molecule has 2 heterocycles. The molecular weight excluding hydrogens is 228 g/mol. The van der Waals surface area contributed by atoms with E-state index in [1.165, 1.54) is 0 Å². The number of furan rings is 1. The number of hydrogen-bond donors (Lipinski definition) is 0. The highest BCUT2D eigenvalue weighted by atomic mass is 16.4. The Kier molecular flexibility index (Phi) is 2.75. The van der Waals surface area contributed by atoms with E-state index in [-0.39, 0.29) is 0 Å². The number of aromatic nitrogens is 2. The van der Waals surface area contributed by atoms with Gasteiger partial charge in [0.05, 0.1) is 6.26 Å². The van der Waals surface area contributed by atoms with Crippen molar-refractivity contribution in [1.29, 1.82) is 0 Å². The maximum absolute atomic E-state index is 5.52. The van der Waals surface area contributed by atoms with Gasteiger partial charge in [-0.15, -0.1) is 10.2 Å². The Morgan fingerprint density at radius 1 is 0.889 bits per heavy atom. The molecule has 88 valence electrons. The minimum atomic E-state index is 0.449. The van der Waals surface area contributed by atoms with Crippen LogP contribution in [0.1, 0.15) is 11.7 Å². The molecule has 1 aromatic carbocycles. The van der Waals surface area contributed by atoms with Crippen molar-refractivity contribution >= 4 is 12.2 Å². The highest BCUT2D eigenvalue weighted by Gasteiger charge is 2.05. The zero-order valence-corrected chi connectivity index (χ0v) is 9.48. The average Bonchev–Trinajstić information content (AvgIpc) is 3.09. The Labute approximate surface area is 104 Å². The number of hydrogen-bond acceptors (Lipinski definition) is 4. The van der Waals surface area contributed by atoms with E-state index >= 15 is 0 Å². The molecule has 0 radical (unpaired) electrons. The predicted octanol–water partition coefficient (Wildman–Crippen LogP) is 3.50. The van der Waals surface area contributed by atoms with Crippen LogP contribution in [0.2, 0.25) is 0 Å². The highest BCUT2D eigenvalue weighted by molar-refractivity contribution is 5.63. The topological polar surface area (TPSA) is 52.1 Å². The van der Waals surface area contributed by atoms with E-state index < -0.39 is 0 Å². The van der Waals surface area contributed by atoms with Crippen LogP contribution in [-0.4, -0.2) is 10.2 Å². The molecule has 18 heavy (non-hydrogen) atoms. The molecule has 0 aliphatic heterocycles. The second-order valence-corrected chi connectivity index (χ2v) is 3.66. The van der Waals surface area contributed by atoms with E-state index in [2.05, 4.69) is 10.2 Å².